The molecule has 0 amide bonds. The van der Waals surface area contributed by atoms with Gasteiger partial charge in [-0.05, 0) is 25.1 Å². The van der Waals surface area contributed by atoms with Gasteiger partial charge in [-0.15, -0.1) is 0 Å². The molecule has 1 unspecified atom stereocenters. The Bertz CT molecular complexity index is 1450. The summed E-state index contributed by atoms with van der Waals surface area (Å²) >= 11 is 0. The summed E-state index contributed by atoms with van der Waals surface area (Å²) in [4.78, 5) is 15.0. The fraction of sp³-hybridized carbons (Fsp3) is 0.375. The van der Waals surface area contributed by atoms with Crippen LogP contribution in [0.2, 0.25) is 0 Å². The number of morpholine rings is 1. The molecule has 2 fully saturated rings. The number of anilines is 2. The fourth-order valence-electron chi connectivity index (χ4n) is 4.51. The van der Waals surface area contributed by atoms with Crippen molar-refractivity contribution < 1.29 is 26.4 Å². The van der Waals surface area contributed by atoms with Gasteiger partial charge in [-0.1, -0.05) is 12.1 Å². The van der Waals surface area contributed by atoms with Gasteiger partial charge in [0.15, 0.2) is 4.90 Å². The third-order valence-corrected chi connectivity index (χ3v) is 8.23. The summed E-state index contributed by atoms with van der Waals surface area (Å²) in [6.45, 7) is 3.37. The Morgan fingerprint density at radius 3 is 2.42 bits per heavy atom. The zero-order valence-corrected chi connectivity index (χ0v) is 20.4. The number of para-hydroxylation sites is 1. The molecule has 0 saturated carbocycles. The van der Waals surface area contributed by atoms with Gasteiger partial charge in [-0.2, -0.15) is 4.31 Å². The first-order valence-corrected chi connectivity index (χ1v) is 13.0. The molecule has 36 heavy (non-hydrogen) atoms. The number of rotatable bonds is 6. The molecule has 3 heterocycles. The molecule has 0 bridgehead atoms. The van der Waals surface area contributed by atoms with Crippen LogP contribution < -0.4 is 21.4 Å². The van der Waals surface area contributed by atoms with Gasteiger partial charge in [0.05, 0.1) is 24.6 Å². The highest BCUT2D eigenvalue weighted by atomic mass is 32.2. The highest BCUT2D eigenvalue weighted by molar-refractivity contribution is 7.89. The monoisotopic (exact) mass is 520 g/mol. The first-order chi connectivity index (χ1) is 17.1. The van der Waals surface area contributed by atoms with E-state index in [4.69, 9.17) is 14.9 Å². The topological polar surface area (TPSA) is 118 Å². The quantitative estimate of drug-likeness (QED) is 0.509. The number of hydrogen-bond acceptors (Lipinski definition) is 8. The van der Waals surface area contributed by atoms with Crippen molar-refractivity contribution in [1.82, 2.24) is 4.31 Å². The van der Waals surface area contributed by atoms with Crippen LogP contribution in [0.4, 0.5) is 20.4 Å². The first-order valence-electron chi connectivity index (χ1n) is 11.6. The Labute approximate surface area is 206 Å². The molecule has 0 aliphatic carbocycles. The number of sulfonamides is 1. The third kappa shape index (κ3) is 4.45. The maximum atomic E-state index is 13.7. The number of ether oxygens (including phenoxy) is 1. The van der Waals surface area contributed by atoms with Gasteiger partial charge in [0, 0.05) is 49.5 Å². The predicted octanol–water partition coefficient (Wildman–Crippen LogP) is 2.41. The van der Waals surface area contributed by atoms with Crippen molar-refractivity contribution in [3.05, 3.63) is 63.8 Å². The van der Waals surface area contributed by atoms with Gasteiger partial charge in [-0.3, -0.25) is 4.79 Å². The molecule has 2 aromatic carbocycles. The van der Waals surface area contributed by atoms with E-state index in [1.807, 2.05) is 0 Å². The van der Waals surface area contributed by atoms with E-state index in [1.165, 1.54) is 10.4 Å². The number of benzene rings is 2. The molecule has 1 atom stereocenters. The molecular weight excluding hydrogens is 494 g/mol. The highest BCUT2D eigenvalue weighted by Gasteiger charge is 2.40. The minimum atomic E-state index is -4.16. The van der Waals surface area contributed by atoms with Crippen molar-refractivity contribution in [2.24, 2.45) is 5.73 Å². The lowest BCUT2D eigenvalue weighted by atomic mass is 10.0. The number of nitrogens with two attached hydrogens (primary N) is 1. The Morgan fingerprint density at radius 2 is 1.78 bits per heavy atom. The van der Waals surface area contributed by atoms with Crippen LogP contribution >= 0.6 is 0 Å². The molecule has 0 radical (unpaired) electrons. The summed E-state index contributed by atoms with van der Waals surface area (Å²) < 4.78 is 67.2. The van der Waals surface area contributed by atoms with Crippen molar-refractivity contribution >= 4 is 32.6 Å². The van der Waals surface area contributed by atoms with Gasteiger partial charge in [0.25, 0.3) is 10.0 Å². The van der Waals surface area contributed by atoms with Crippen LogP contribution in [0.3, 0.4) is 0 Å². The van der Waals surface area contributed by atoms with E-state index in [1.54, 1.807) is 24.0 Å². The summed E-state index contributed by atoms with van der Waals surface area (Å²) in [5.74, 6) is -1.51. The van der Waals surface area contributed by atoms with Crippen LogP contribution in [-0.4, -0.2) is 58.2 Å². The van der Waals surface area contributed by atoms with E-state index in [-0.39, 0.29) is 41.7 Å². The minimum absolute atomic E-state index is 0.0484. The normalized spacial score (nSPS) is 18.3. The predicted molar refractivity (Wildman–Crippen MR) is 131 cm³/mol. The maximum Gasteiger partial charge on any atom is 0.252 e. The number of halogens is 2. The Hall–Kier alpha value is -3.06. The van der Waals surface area contributed by atoms with Crippen molar-refractivity contribution in [3.63, 3.8) is 0 Å². The second kappa shape index (κ2) is 9.43. The van der Waals surface area contributed by atoms with Gasteiger partial charge in [0.1, 0.15) is 17.2 Å². The number of nitrogens with one attached hydrogen (secondary N) is 1. The lowest BCUT2D eigenvalue weighted by Crippen LogP contribution is -2.58. The van der Waals surface area contributed by atoms with Crippen LogP contribution in [0.1, 0.15) is 18.5 Å². The fourth-order valence-corrected chi connectivity index (χ4v) is 6.28. The molecule has 12 heteroatoms. The van der Waals surface area contributed by atoms with Crippen molar-refractivity contribution in [2.45, 2.75) is 23.9 Å². The van der Waals surface area contributed by atoms with Crippen LogP contribution in [0, 0.1) is 11.6 Å². The van der Waals surface area contributed by atoms with E-state index in [2.05, 4.69) is 5.32 Å². The van der Waals surface area contributed by atoms with E-state index >= 15 is 0 Å². The summed E-state index contributed by atoms with van der Waals surface area (Å²) in [6.07, 6.45) is 0. The Kier molecular flexibility index (Phi) is 6.45. The zero-order valence-electron chi connectivity index (χ0n) is 19.5. The summed E-state index contributed by atoms with van der Waals surface area (Å²) in [7, 11) is -4.16. The molecule has 2 aliphatic rings. The van der Waals surface area contributed by atoms with E-state index in [0.717, 1.165) is 18.2 Å². The van der Waals surface area contributed by atoms with E-state index in [0.29, 0.717) is 31.9 Å². The number of hydrogen-bond donors (Lipinski definition) is 2. The maximum absolute atomic E-state index is 13.7. The van der Waals surface area contributed by atoms with Gasteiger partial charge in [0.2, 0.25) is 11.3 Å². The molecule has 1 aromatic heterocycles. The first kappa shape index (κ1) is 24.6. The summed E-state index contributed by atoms with van der Waals surface area (Å²) in [5.41, 5.74) is 6.05. The van der Waals surface area contributed by atoms with Crippen molar-refractivity contribution in [2.75, 3.05) is 49.6 Å². The number of nitrogens with zero attached hydrogens (tertiary/aromatic N) is 2. The average Bonchev–Trinajstić information content (AvgIpc) is 2.81. The summed E-state index contributed by atoms with van der Waals surface area (Å²) in [6, 6.07) is 7.09. The van der Waals surface area contributed by atoms with Crippen molar-refractivity contribution in [3.8, 4) is 0 Å². The van der Waals surface area contributed by atoms with Crippen LogP contribution in [-0.2, 0) is 14.8 Å². The van der Waals surface area contributed by atoms with Gasteiger partial charge < -0.3 is 25.1 Å². The smallest absolute Gasteiger partial charge is 0.252 e. The van der Waals surface area contributed by atoms with Crippen LogP contribution in [0.15, 0.2) is 50.5 Å². The molecule has 192 valence electrons. The number of fused-ring (bicyclic) bond motifs is 1. The van der Waals surface area contributed by atoms with Gasteiger partial charge >= 0.3 is 0 Å². The molecular formula is C24H26F2N4O5S. The van der Waals surface area contributed by atoms with Crippen molar-refractivity contribution in [1.29, 1.82) is 0 Å². The lowest BCUT2D eigenvalue weighted by molar-refractivity contribution is 0.120. The van der Waals surface area contributed by atoms with Crippen LogP contribution in [0.5, 0.6) is 0 Å². The molecule has 5 rings (SSSR count). The molecule has 2 saturated heterocycles. The highest BCUT2D eigenvalue weighted by Crippen LogP contribution is 2.34. The average molecular weight is 521 g/mol. The Balaban J connectivity index is 1.65. The molecule has 2 aliphatic heterocycles. The van der Waals surface area contributed by atoms with E-state index in [9.17, 15) is 22.0 Å². The molecule has 9 nitrogen and oxygen atoms in total. The SMILES string of the molecule is CC(Nc1cc(F)cc(F)c1)c1cccc2c(=O)c(S(=O)(=O)N3CC(N)C3)c(N3CCOCC3)oc12. The second-order valence-electron chi connectivity index (χ2n) is 9.00. The van der Waals surface area contributed by atoms with Gasteiger partial charge in [-0.25, -0.2) is 17.2 Å². The zero-order chi connectivity index (χ0) is 25.6. The largest absolute Gasteiger partial charge is 0.438 e. The molecule has 3 aromatic rings. The minimum Gasteiger partial charge on any atom is -0.438 e. The standard InChI is InChI=1S/C24H26F2N4O5S/c1-14(28-18-10-15(25)9-16(26)11-18)19-3-2-4-20-21(31)23(36(32,33)30-12-17(27)13-30)24(35-22(19)20)29-5-7-34-8-6-29/h2-4,9-11,14,17,28H,5-8,12-13,27H2,1H3. The molecule has 0 spiro atoms. The molecule has 3 N–H and O–H groups in total. The second-order valence-corrected chi connectivity index (χ2v) is 10.9. The van der Waals surface area contributed by atoms with E-state index < -0.39 is 38.0 Å². The summed E-state index contributed by atoms with van der Waals surface area (Å²) in [5, 5.41) is 3.11. The Morgan fingerprint density at radius 1 is 1.11 bits per heavy atom. The van der Waals surface area contributed by atoms with Crippen LogP contribution in [0.25, 0.3) is 11.0 Å². The lowest BCUT2D eigenvalue weighted by Gasteiger charge is -2.36. The third-order valence-electron chi connectivity index (χ3n) is 6.37.